The quantitative estimate of drug-likeness (QED) is 0.824. The molecule has 1 aliphatic heterocycles. The monoisotopic (exact) mass is 245 g/mol. The number of rotatable bonds is 1. The summed E-state index contributed by atoms with van der Waals surface area (Å²) in [6, 6.07) is 3.88. The molecular formula is C11H10F3NO2. The minimum atomic E-state index is -4.74. The van der Waals surface area contributed by atoms with Gasteiger partial charge in [-0.2, -0.15) is 0 Å². The lowest BCUT2D eigenvalue weighted by Gasteiger charge is -2.24. The van der Waals surface area contributed by atoms with Crippen molar-refractivity contribution in [3.05, 3.63) is 29.3 Å². The average Bonchev–Trinajstić information content (AvgIpc) is 2.17. The number of amides is 1. The Hall–Kier alpha value is -1.72. The van der Waals surface area contributed by atoms with Crippen LogP contribution in [0.5, 0.6) is 5.75 Å². The molecule has 1 amide bonds. The Morgan fingerprint density at radius 2 is 2.12 bits per heavy atom. The Morgan fingerprint density at radius 3 is 2.76 bits per heavy atom. The standard InChI is InChI=1S/C11H10F3NO2/c1-6-5-8-7(10(16)15-6)3-2-4-9(8)17-11(12,13)14/h2-4,6H,5H2,1H3,(H,15,16). The van der Waals surface area contributed by atoms with Gasteiger partial charge in [0.2, 0.25) is 0 Å². The molecule has 1 aromatic carbocycles. The van der Waals surface area contributed by atoms with E-state index in [0.717, 1.165) is 0 Å². The predicted molar refractivity (Wildman–Crippen MR) is 53.8 cm³/mol. The maximum absolute atomic E-state index is 12.2. The summed E-state index contributed by atoms with van der Waals surface area (Å²) in [6.07, 6.45) is -4.42. The molecule has 0 bridgehead atoms. The molecule has 3 nitrogen and oxygen atoms in total. The lowest BCUT2D eigenvalue weighted by Crippen LogP contribution is -2.39. The van der Waals surface area contributed by atoms with E-state index in [1.165, 1.54) is 18.2 Å². The molecule has 0 aromatic heterocycles. The molecule has 92 valence electrons. The van der Waals surface area contributed by atoms with Gasteiger partial charge in [0.25, 0.3) is 5.91 Å². The van der Waals surface area contributed by atoms with Gasteiger partial charge in [-0.25, -0.2) is 0 Å². The van der Waals surface area contributed by atoms with E-state index in [-0.39, 0.29) is 23.3 Å². The number of ether oxygens (including phenoxy) is 1. The molecular weight excluding hydrogens is 235 g/mol. The highest BCUT2D eigenvalue weighted by atomic mass is 19.4. The second-order valence-electron chi connectivity index (χ2n) is 3.91. The lowest BCUT2D eigenvalue weighted by atomic mass is 9.95. The number of alkyl halides is 3. The number of fused-ring (bicyclic) bond motifs is 1. The molecule has 17 heavy (non-hydrogen) atoms. The first kappa shape index (κ1) is 11.8. The summed E-state index contributed by atoms with van der Waals surface area (Å²) in [4.78, 5) is 11.6. The molecule has 0 aliphatic carbocycles. The van der Waals surface area contributed by atoms with Gasteiger partial charge in [0.05, 0.1) is 0 Å². The first-order valence-electron chi connectivity index (χ1n) is 5.05. The number of hydrogen-bond donors (Lipinski definition) is 1. The summed E-state index contributed by atoms with van der Waals surface area (Å²) in [7, 11) is 0. The van der Waals surface area contributed by atoms with E-state index in [0.29, 0.717) is 12.0 Å². The minimum Gasteiger partial charge on any atom is -0.405 e. The number of hydrogen-bond acceptors (Lipinski definition) is 2. The van der Waals surface area contributed by atoms with E-state index in [9.17, 15) is 18.0 Å². The van der Waals surface area contributed by atoms with Crippen LogP contribution in [-0.2, 0) is 6.42 Å². The highest BCUT2D eigenvalue weighted by Gasteiger charge is 2.34. The van der Waals surface area contributed by atoms with Crippen molar-refractivity contribution in [1.82, 2.24) is 5.32 Å². The van der Waals surface area contributed by atoms with Crippen LogP contribution >= 0.6 is 0 Å². The molecule has 6 heteroatoms. The Morgan fingerprint density at radius 1 is 1.41 bits per heavy atom. The summed E-state index contributed by atoms with van der Waals surface area (Å²) in [5.74, 6) is -0.664. The van der Waals surface area contributed by atoms with Crippen molar-refractivity contribution in [2.24, 2.45) is 0 Å². The van der Waals surface area contributed by atoms with Crippen LogP contribution in [0, 0.1) is 0 Å². The van der Waals surface area contributed by atoms with Crippen molar-refractivity contribution < 1.29 is 22.7 Å². The fourth-order valence-corrected chi connectivity index (χ4v) is 1.87. The third kappa shape index (κ3) is 2.51. The fourth-order valence-electron chi connectivity index (χ4n) is 1.87. The van der Waals surface area contributed by atoms with Crippen molar-refractivity contribution in [2.45, 2.75) is 25.7 Å². The molecule has 0 saturated heterocycles. The van der Waals surface area contributed by atoms with E-state index in [1.807, 2.05) is 0 Å². The van der Waals surface area contributed by atoms with Crippen molar-refractivity contribution in [3.63, 3.8) is 0 Å². The van der Waals surface area contributed by atoms with E-state index in [4.69, 9.17) is 0 Å². The van der Waals surface area contributed by atoms with Gasteiger partial charge in [-0.3, -0.25) is 4.79 Å². The van der Waals surface area contributed by atoms with Gasteiger partial charge in [-0.15, -0.1) is 13.2 Å². The van der Waals surface area contributed by atoms with Crippen molar-refractivity contribution in [1.29, 1.82) is 0 Å². The largest absolute Gasteiger partial charge is 0.573 e. The molecule has 1 heterocycles. The highest BCUT2D eigenvalue weighted by molar-refractivity contribution is 5.97. The van der Waals surface area contributed by atoms with Gasteiger partial charge in [0.1, 0.15) is 5.75 Å². The molecule has 1 N–H and O–H groups in total. The number of benzene rings is 1. The van der Waals surface area contributed by atoms with Crippen LogP contribution in [0.2, 0.25) is 0 Å². The molecule has 0 radical (unpaired) electrons. The van der Waals surface area contributed by atoms with Crippen LogP contribution in [0.25, 0.3) is 0 Å². The van der Waals surface area contributed by atoms with Gasteiger partial charge < -0.3 is 10.1 Å². The van der Waals surface area contributed by atoms with Gasteiger partial charge in [0.15, 0.2) is 0 Å². The topological polar surface area (TPSA) is 38.3 Å². The highest BCUT2D eigenvalue weighted by Crippen LogP contribution is 2.31. The van der Waals surface area contributed by atoms with Crippen LogP contribution in [0.15, 0.2) is 18.2 Å². The van der Waals surface area contributed by atoms with Crippen LogP contribution < -0.4 is 10.1 Å². The van der Waals surface area contributed by atoms with E-state index in [2.05, 4.69) is 10.1 Å². The minimum absolute atomic E-state index is 0.201. The number of halogens is 3. The summed E-state index contributed by atoms with van der Waals surface area (Å²) in [5.41, 5.74) is 0.547. The number of nitrogens with one attached hydrogen (secondary N) is 1. The molecule has 0 fully saturated rings. The number of carbonyl (C=O) groups excluding carboxylic acids is 1. The Kier molecular flexibility index (Phi) is 2.73. The SMILES string of the molecule is CC1Cc2c(OC(F)(F)F)cccc2C(=O)N1. The van der Waals surface area contributed by atoms with Gasteiger partial charge in [-0.1, -0.05) is 6.07 Å². The van der Waals surface area contributed by atoms with Crippen molar-refractivity contribution in [3.8, 4) is 5.75 Å². The summed E-state index contributed by atoms with van der Waals surface area (Å²) >= 11 is 0. The second kappa shape index (κ2) is 3.94. The molecule has 1 unspecified atom stereocenters. The normalized spacial score (nSPS) is 19.5. The molecule has 1 aliphatic rings. The molecule has 0 spiro atoms. The zero-order chi connectivity index (χ0) is 12.6. The molecule has 2 rings (SSSR count). The fraction of sp³-hybridized carbons (Fsp3) is 0.364. The van der Waals surface area contributed by atoms with E-state index in [1.54, 1.807) is 6.92 Å². The Balaban J connectivity index is 2.42. The van der Waals surface area contributed by atoms with Crippen LogP contribution in [0.4, 0.5) is 13.2 Å². The van der Waals surface area contributed by atoms with Crippen LogP contribution in [0.1, 0.15) is 22.8 Å². The predicted octanol–water partition coefficient (Wildman–Crippen LogP) is 2.26. The first-order chi connectivity index (χ1) is 7.87. The van der Waals surface area contributed by atoms with E-state index < -0.39 is 6.36 Å². The third-order valence-electron chi connectivity index (χ3n) is 2.49. The van der Waals surface area contributed by atoms with Crippen molar-refractivity contribution >= 4 is 5.91 Å². The Bertz CT molecular complexity index is 457. The molecule has 1 aromatic rings. The maximum Gasteiger partial charge on any atom is 0.573 e. The van der Waals surface area contributed by atoms with Crippen LogP contribution in [0.3, 0.4) is 0 Å². The second-order valence-corrected chi connectivity index (χ2v) is 3.91. The average molecular weight is 245 g/mol. The van der Waals surface area contributed by atoms with Gasteiger partial charge >= 0.3 is 6.36 Å². The third-order valence-corrected chi connectivity index (χ3v) is 2.49. The summed E-state index contributed by atoms with van der Waals surface area (Å²) in [5, 5.41) is 2.65. The first-order valence-corrected chi connectivity index (χ1v) is 5.05. The summed E-state index contributed by atoms with van der Waals surface area (Å²) < 4.78 is 40.5. The van der Waals surface area contributed by atoms with Gasteiger partial charge in [0, 0.05) is 17.2 Å². The van der Waals surface area contributed by atoms with E-state index >= 15 is 0 Å². The Labute approximate surface area is 95.6 Å². The molecule has 1 atom stereocenters. The van der Waals surface area contributed by atoms with Gasteiger partial charge in [-0.05, 0) is 25.5 Å². The smallest absolute Gasteiger partial charge is 0.405 e. The zero-order valence-corrected chi connectivity index (χ0v) is 8.97. The molecule has 0 saturated carbocycles. The van der Waals surface area contributed by atoms with Crippen LogP contribution in [-0.4, -0.2) is 18.3 Å². The maximum atomic E-state index is 12.2. The lowest BCUT2D eigenvalue weighted by molar-refractivity contribution is -0.274. The van der Waals surface area contributed by atoms with Crippen molar-refractivity contribution in [2.75, 3.05) is 0 Å². The zero-order valence-electron chi connectivity index (χ0n) is 8.97. The summed E-state index contributed by atoms with van der Waals surface area (Å²) in [6.45, 7) is 1.73. The number of carbonyl (C=O) groups is 1.